The van der Waals surface area contributed by atoms with Crippen LogP contribution < -0.4 is 15.4 Å². The SMILES string of the molecule is CCOc1ccc(C(=O)NC(C(=O)Nc2nc(CN3CCC(C)CC3)cs2)C(C)C)cc1. The van der Waals surface area contributed by atoms with Crippen molar-refractivity contribution in [1.29, 1.82) is 0 Å². The van der Waals surface area contributed by atoms with Crippen LogP contribution in [0.5, 0.6) is 5.75 Å². The minimum atomic E-state index is -0.662. The first kappa shape index (κ1) is 24.2. The Balaban J connectivity index is 1.57. The zero-order chi connectivity index (χ0) is 23.1. The highest BCUT2D eigenvalue weighted by Crippen LogP contribution is 2.21. The van der Waals surface area contributed by atoms with E-state index in [1.165, 1.54) is 24.2 Å². The fraction of sp³-hybridized carbons (Fsp3) is 0.542. The summed E-state index contributed by atoms with van der Waals surface area (Å²) in [6, 6.07) is 6.24. The molecule has 1 saturated heterocycles. The Morgan fingerprint density at radius 2 is 1.91 bits per heavy atom. The Labute approximate surface area is 194 Å². The van der Waals surface area contributed by atoms with Crippen molar-refractivity contribution in [1.82, 2.24) is 15.2 Å². The van der Waals surface area contributed by atoms with Gasteiger partial charge in [0.05, 0.1) is 12.3 Å². The summed E-state index contributed by atoms with van der Waals surface area (Å²) in [7, 11) is 0. The number of nitrogens with zero attached hydrogens (tertiary/aromatic N) is 2. The summed E-state index contributed by atoms with van der Waals surface area (Å²) in [5.41, 5.74) is 1.46. The molecule has 0 spiro atoms. The van der Waals surface area contributed by atoms with Gasteiger partial charge in [0.1, 0.15) is 11.8 Å². The first-order chi connectivity index (χ1) is 15.4. The number of anilines is 1. The quantitative estimate of drug-likeness (QED) is 0.589. The molecule has 1 aromatic heterocycles. The summed E-state index contributed by atoms with van der Waals surface area (Å²) in [6.07, 6.45) is 2.44. The molecule has 174 valence electrons. The molecule has 0 radical (unpaired) electrons. The normalized spacial score (nSPS) is 16.0. The lowest BCUT2D eigenvalue weighted by Gasteiger charge is -2.29. The van der Waals surface area contributed by atoms with Crippen molar-refractivity contribution in [2.75, 3.05) is 25.0 Å². The number of carbonyl (C=O) groups is 2. The van der Waals surface area contributed by atoms with E-state index in [9.17, 15) is 9.59 Å². The van der Waals surface area contributed by atoms with Crippen LogP contribution in [0.15, 0.2) is 29.6 Å². The molecule has 1 aliphatic heterocycles. The van der Waals surface area contributed by atoms with Crippen molar-refractivity contribution >= 4 is 28.3 Å². The van der Waals surface area contributed by atoms with Crippen molar-refractivity contribution in [3.8, 4) is 5.75 Å². The molecule has 32 heavy (non-hydrogen) atoms. The van der Waals surface area contributed by atoms with Crippen LogP contribution in [0.4, 0.5) is 5.13 Å². The molecule has 2 amide bonds. The summed E-state index contributed by atoms with van der Waals surface area (Å²) >= 11 is 1.42. The predicted molar refractivity (Wildman–Crippen MR) is 128 cm³/mol. The molecule has 2 aromatic rings. The maximum atomic E-state index is 12.9. The Morgan fingerprint density at radius 3 is 2.53 bits per heavy atom. The van der Waals surface area contributed by atoms with Crippen LogP contribution in [0.3, 0.4) is 0 Å². The largest absolute Gasteiger partial charge is 0.494 e. The summed E-state index contributed by atoms with van der Waals surface area (Å²) in [5.74, 6) is 0.882. The van der Waals surface area contributed by atoms with Crippen LogP contribution in [0.25, 0.3) is 0 Å². The maximum absolute atomic E-state index is 12.9. The molecule has 0 aliphatic carbocycles. The van der Waals surface area contributed by atoms with Crippen LogP contribution in [0.1, 0.15) is 56.6 Å². The number of nitrogens with one attached hydrogen (secondary N) is 2. The molecule has 2 N–H and O–H groups in total. The molecule has 0 bridgehead atoms. The summed E-state index contributed by atoms with van der Waals surface area (Å²) in [6.45, 7) is 11.6. The zero-order valence-corrected chi connectivity index (χ0v) is 20.2. The Hall–Kier alpha value is -2.45. The number of benzene rings is 1. The highest BCUT2D eigenvalue weighted by atomic mass is 32.1. The Morgan fingerprint density at radius 1 is 1.22 bits per heavy atom. The lowest BCUT2D eigenvalue weighted by Crippen LogP contribution is -2.47. The van der Waals surface area contributed by atoms with E-state index < -0.39 is 6.04 Å². The second kappa shape index (κ2) is 11.4. The van der Waals surface area contributed by atoms with Crippen LogP contribution in [-0.2, 0) is 11.3 Å². The van der Waals surface area contributed by atoms with E-state index in [1.54, 1.807) is 24.3 Å². The van der Waals surface area contributed by atoms with Gasteiger partial charge in [0, 0.05) is 17.5 Å². The van der Waals surface area contributed by atoms with E-state index in [-0.39, 0.29) is 17.7 Å². The first-order valence-electron chi connectivity index (χ1n) is 11.4. The highest BCUT2D eigenvalue weighted by molar-refractivity contribution is 7.13. The molecule has 1 fully saturated rings. The summed E-state index contributed by atoms with van der Waals surface area (Å²) in [4.78, 5) is 32.6. The monoisotopic (exact) mass is 458 g/mol. The molecular formula is C24H34N4O3S. The summed E-state index contributed by atoms with van der Waals surface area (Å²) < 4.78 is 5.41. The average Bonchev–Trinajstić information content (AvgIpc) is 3.20. The second-order valence-corrected chi connectivity index (χ2v) is 9.60. The number of carbonyl (C=O) groups excluding carboxylic acids is 2. The third kappa shape index (κ3) is 6.77. The molecule has 1 aliphatic rings. The number of hydrogen-bond donors (Lipinski definition) is 2. The fourth-order valence-corrected chi connectivity index (χ4v) is 4.40. The number of thiazole rings is 1. The van der Waals surface area contributed by atoms with Gasteiger partial charge in [-0.3, -0.25) is 14.5 Å². The standard InChI is InChI=1S/C24H34N4O3S/c1-5-31-20-8-6-18(7-9-20)22(29)26-21(16(2)3)23(30)27-24-25-19(15-32-24)14-28-12-10-17(4)11-13-28/h6-9,15-17,21H,5,10-14H2,1-4H3,(H,26,29)(H,25,27,30). The van der Waals surface area contributed by atoms with Crippen LogP contribution in [-0.4, -0.2) is 47.4 Å². The predicted octanol–water partition coefficient (Wildman–Crippen LogP) is 4.17. The van der Waals surface area contributed by atoms with E-state index in [4.69, 9.17) is 4.74 Å². The Bertz CT molecular complexity index is 889. The van der Waals surface area contributed by atoms with Gasteiger partial charge in [-0.2, -0.15) is 0 Å². The zero-order valence-electron chi connectivity index (χ0n) is 19.4. The molecule has 0 saturated carbocycles. The van der Waals surface area contributed by atoms with E-state index in [2.05, 4.69) is 27.4 Å². The van der Waals surface area contributed by atoms with Gasteiger partial charge >= 0.3 is 0 Å². The van der Waals surface area contributed by atoms with Crippen LogP contribution >= 0.6 is 11.3 Å². The molecule has 7 nitrogen and oxygen atoms in total. The van der Waals surface area contributed by atoms with E-state index in [1.807, 2.05) is 26.2 Å². The molecule has 2 heterocycles. The lowest BCUT2D eigenvalue weighted by molar-refractivity contribution is -0.118. The number of hydrogen-bond acceptors (Lipinski definition) is 6. The van der Waals surface area contributed by atoms with Gasteiger partial charge in [0.25, 0.3) is 5.91 Å². The maximum Gasteiger partial charge on any atom is 0.251 e. The molecule has 1 unspecified atom stereocenters. The molecule has 8 heteroatoms. The van der Waals surface area contributed by atoms with E-state index in [0.29, 0.717) is 23.1 Å². The van der Waals surface area contributed by atoms with Crippen molar-refractivity contribution in [3.63, 3.8) is 0 Å². The highest BCUT2D eigenvalue weighted by Gasteiger charge is 2.26. The minimum absolute atomic E-state index is 0.0728. The second-order valence-electron chi connectivity index (χ2n) is 8.74. The number of ether oxygens (including phenoxy) is 1. The van der Waals surface area contributed by atoms with Crippen molar-refractivity contribution in [3.05, 3.63) is 40.9 Å². The van der Waals surface area contributed by atoms with Gasteiger partial charge in [-0.25, -0.2) is 4.98 Å². The van der Waals surface area contributed by atoms with Gasteiger partial charge in [0.2, 0.25) is 5.91 Å². The Kier molecular flexibility index (Phi) is 8.64. The van der Waals surface area contributed by atoms with E-state index in [0.717, 1.165) is 31.2 Å². The topological polar surface area (TPSA) is 83.6 Å². The lowest BCUT2D eigenvalue weighted by atomic mass is 9.99. The van der Waals surface area contributed by atoms with Crippen LogP contribution in [0.2, 0.25) is 0 Å². The third-order valence-electron chi connectivity index (χ3n) is 5.71. The molecule has 1 aromatic carbocycles. The van der Waals surface area contributed by atoms with E-state index >= 15 is 0 Å². The van der Waals surface area contributed by atoms with Gasteiger partial charge in [-0.05, 0) is 69.0 Å². The number of aromatic nitrogens is 1. The van der Waals surface area contributed by atoms with Crippen LogP contribution in [0, 0.1) is 11.8 Å². The van der Waals surface area contributed by atoms with Crippen molar-refractivity contribution in [2.45, 2.75) is 53.1 Å². The number of piperidine rings is 1. The summed E-state index contributed by atoms with van der Waals surface area (Å²) in [5, 5.41) is 8.31. The number of amides is 2. The fourth-order valence-electron chi connectivity index (χ4n) is 3.70. The van der Waals surface area contributed by atoms with Gasteiger partial charge in [-0.15, -0.1) is 11.3 Å². The van der Waals surface area contributed by atoms with Crippen molar-refractivity contribution < 1.29 is 14.3 Å². The van der Waals surface area contributed by atoms with Crippen molar-refractivity contribution in [2.24, 2.45) is 11.8 Å². The average molecular weight is 459 g/mol. The van der Waals surface area contributed by atoms with Gasteiger partial charge in [0.15, 0.2) is 5.13 Å². The number of rotatable bonds is 9. The molecular weight excluding hydrogens is 424 g/mol. The van der Waals surface area contributed by atoms with Gasteiger partial charge in [-0.1, -0.05) is 20.8 Å². The third-order valence-corrected chi connectivity index (χ3v) is 6.51. The smallest absolute Gasteiger partial charge is 0.251 e. The minimum Gasteiger partial charge on any atom is -0.494 e. The van der Waals surface area contributed by atoms with Gasteiger partial charge < -0.3 is 15.4 Å². The molecule has 1 atom stereocenters. The first-order valence-corrected chi connectivity index (χ1v) is 12.2. The number of likely N-dealkylation sites (tertiary alicyclic amines) is 1. The molecule has 3 rings (SSSR count).